The molecule has 39 heavy (non-hydrogen) atoms. The Morgan fingerprint density at radius 3 is 2.26 bits per heavy atom. The first-order chi connectivity index (χ1) is 18.4. The highest BCUT2D eigenvalue weighted by atomic mass is 28.4. The van der Waals surface area contributed by atoms with Crippen LogP contribution in [0.25, 0.3) is 11.1 Å². The molecular formula is C32H40N2O4Si. The number of ether oxygens (including phenoxy) is 1. The highest BCUT2D eigenvalue weighted by Crippen LogP contribution is 2.30. The molecule has 0 atom stereocenters. The van der Waals surface area contributed by atoms with Crippen LogP contribution in [0.5, 0.6) is 0 Å². The summed E-state index contributed by atoms with van der Waals surface area (Å²) in [5.41, 5.74) is 4.42. The maximum atomic E-state index is 13.4. The monoisotopic (exact) mass is 544 g/mol. The van der Waals surface area contributed by atoms with Gasteiger partial charge in [0, 0.05) is 25.2 Å². The van der Waals surface area contributed by atoms with Crippen LogP contribution in [0, 0.1) is 0 Å². The number of rotatable bonds is 6. The Morgan fingerprint density at radius 1 is 0.949 bits per heavy atom. The summed E-state index contributed by atoms with van der Waals surface area (Å²) in [5.74, 6) is 0.425. The lowest BCUT2D eigenvalue weighted by Gasteiger charge is -2.32. The van der Waals surface area contributed by atoms with E-state index in [0.717, 1.165) is 34.7 Å². The van der Waals surface area contributed by atoms with E-state index in [-0.39, 0.29) is 5.91 Å². The minimum atomic E-state index is -2.42. The third kappa shape index (κ3) is 7.80. The number of piperidine rings is 1. The molecule has 2 N–H and O–H groups in total. The molecule has 0 aliphatic carbocycles. The maximum Gasteiger partial charge on any atom is 0.407 e. The van der Waals surface area contributed by atoms with Gasteiger partial charge in [0.05, 0.1) is 0 Å². The lowest BCUT2D eigenvalue weighted by Crippen LogP contribution is -2.41. The zero-order valence-corrected chi connectivity index (χ0v) is 24.7. The first-order valence-corrected chi connectivity index (χ1v) is 16.6. The smallest absolute Gasteiger partial charge is 0.407 e. The molecule has 4 rings (SSSR count). The molecule has 2 amide bonds. The first-order valence-electron chi connectivity index (χ1n) is 13.7. The van der Waals surface area contributed by atoms with Crippen molar-refractivity contribution in [1.29, 1.82) is 0 Å². The minimum absolute atomic E-state index is 0.0543. The largest absolute Gasteiger partial charge is 0.444 e. The Kier molecular flexibility index (Phi) is 8.62. The van der Waals surface area contributed by atoms with E-state index in [1.54, 1.807) is 0 Å². The van der Waals surface area contributed by atoms with E-state index in [2.05, 4.69) is 17.4 Å². The number of hydrogen-bond acceptors (Lipinski definition) is 4. The Hall–Kier alpha value is -3.42. The molecule has 0 radical (unpaired) electrons. The molecule has 206 valence electrons. The predicted octanol–water partition coefficient (Wildman–Crippen LogP) is 5.80. The third-order valence-electron chi connectivity index (χ3n) is 7.05. The molecule has 0 saturated carbocycles. The molecule has 0 bridgehead atoms. The number of benzene rings is 3. The molecular weight excluding hydrogens is 504 g/mol. The van der Waals surface area contributed by atoms with Crippen LogP contribution >= 0.6 is 0 Å². The summed E-state index contributed by atoms with van der Waals surface area (Å²) < 4.78 is 5.33. The Labute approximate surface area is 233 Å². The van der Waals surface area contributed by atoms with Gasteiger partial charge in [-0.15, -0.1) is 0 Å². The van der Waals surface area contributed by atoms with Gasteiger partial charge in [-0.3, -0.25) is 4.79 Å². The van der Waals surface area contributed by atoms with E-state index in [1.807, 2.05) is 99.4 Å². The van der Waals surface area contributed by atoms with E-state index in [0.29, 0.717) is 31.1 Å². The zero-order valence-electron chi connectivity index (χ0n) is 23.7. The molecule has 3 aromatic rings. The van der Waals surface area contributed by atoms with Crippen LogP contribution in [0.1, 0.15) is 61.0 Å². The van der Waals surface area contributed by atoms with Crippen molar-refractivity contribution in [2.45, 2.75) is 64.8 Å². The third-order valence-corrected chi connectivity index (χ3v) is 8.78. The first kappa shape index (κ1) is 28.6. The van der Waals surface area contributed by atoms with E-state index in [1.165, 1.54) is 5.56 Å². The van der Waals surface area contributed by atoms with Crippen LogP contribution in [0.15, 0.2) is 72.8 Å². The molecule has 0 aromatic heterocycles. The van der Waals surface area contributed by atoms with Crippen molar-refractivity contribution in [3.8, 4) is 11.1 Å². The number of hydrogen-bond donors (Lipinski definition) is 2. The number of carbonyl (C=O) groups is 2. The van der Waals surface area contributed by atoms with E-state index < -0.39 is 20.0 Å². The van der Waals surface area contributed by atoms with Gasteiger partial charge in [0.2, 0.25) is 8.32 Å². The van der Waals surface area contributed by atoms with Crippen molar-refractivity contribution >= 4 is 25.5 Å². The minimum Gasteiger partial charge on any atom is -0.444 e. The summed E-state index contributed by atoms with van der Waals surface area (Å²) in [7, 11) is -2.42. The van der Waals surface area contributed by atoms with Crippen LogP contribution in [-0.4, -0.2) is 48.7 Å². The van der Waals surface area contributed by atoms with Gasteiger partial charge in [-0.25, -0.2) is 4.79 Å². The molecule has 0 spiro atoms. The summed E-state index contributed by atoms with van der Waals surface area (Å²) in [6.45, 7) is 11.2. The number of alkyl carbamates (subject to hydrolysis) is 1. The van der Waals surface area contributed by atoms with Crippen LogP contribution in [-0.2, 0) is 11.3 Å². The standard InChI is InChI=1S/C32H40N2O4Si/c1-32(2,3)38-31(36)33-22-23-9-6-10-25(19-23)24-15-17-34(18-16-24)30(35)28-13-7-11-26(20-28)27-12-8-14-29(21-27)39(4,5)37/h6-14,19-21,24,37H,15-18,22H2,1-5H3,(H,33,36). The Bertz CT molecular complexity index is 1320. The van der Waals surface area contributed by atoms with E-state index in [9.17, 15) is 14.4 Å². The lowest BCUT2D eigenvalue weighted by molar-refractivity contribution is 0.0523. The molecule has 1 saturated heterocycles. The maximum absolute atomic E-state index is 13.4. The van der Waals surface area contributed by atoms with Crippen LogP contribution in [0.4, 0.5) is 4.79 Å². The number of likely N-dealkylation sites (tertiary alicyclic amines) is 1. The number of nitrogens with one attached hydrogen (secondary N) is 1. The van der Waals surface area contributed by atoms with Gasteiger partial charge in [-0.05, 0) is 92.2 Å². The fourth-order valence-corrected chi connectivity index (χ4v) is 5.97. The zero-order chi connectivity index (χ0) is 28.2. The van der Waals surface area contributed by atoms with Gasteiger partial charge in [-0.2, -0.15) is 0 Å². The molecule has 7 heteroatoms. The Morgan fingerprint density at radius 2 is 1.59 bits per heavy atom. The van der Waals surface area contributed by atoms with Gasteiger partial charge >= 0.3 is 6.09 Å². The molecule has 0 unspecified atom stereocenters. The second kappa shape index (κ2) is 11.8. The normalized spacial score (nSPS) is 14.7. The lowest BCUT2D eigenvalue weighted by atomic mass is 9.88. The molecule has 1 heterocycles. The average Bonchev–Trinajstić information content (AvgIpc) is 2.90. The topological polar surface area (TPSA) is 78.9 Å². The molecule has 6 nitrogen and oxygen atoms in total. The van der Waals surface area contributed by atoms with Gasteiger partial charge in [-0.1, -0.05) is 60.7 Å². The van der Waals surface area contributed by atoms with Crippen molar-refractivity contribution in [3.63, 3.8) is 0 Å². The molecule has 3 aromatic carbocycles. The van der Waals surface area contributed by atoms with Gasteiger partial charge < -0.3 is 19.7 Å². The second-order valence-electron chi connectivity index (χ2n) is 11.9. The number of amides is 2. The number of carbonyl (C=O) groups excluding carboxylic acids is 2. The molecule has 1 aliphatic heterocycles. The van der Waals surface area contributed by atoms with Crippen LogP contribution in [0.3, 0.4) is 0 Å². The van der Waals surface area contributed by atoms with E-state index >= 15 is 0 Å². The van der Waals surface area contributed by atoms with Crippen LogP contribution < -0.4 is 10.5 Å². The summed E-state index contributed by atoms with van der Waals surface area (Å²) >= 11 is 0. The van der Waals surface area contributed by atoms with Crippen LogP contribution in [0.2, 0.25) is 13.1 Å². The Balaban J connectivity index is 1.37. The quantitative estimate of drug-likeness (QED) is 0.384. The SMILES string of the molecule is CC(C)(C)OC(=O)NCc1cccc(C2CCN(C(=O)c3cccc(-c4cccc([Si](C)(C)O)c4)c3)CC2)c1. The van der Waals surface area contributed by atoms with Crippen molar-refractivity contribution in [3.05, 3.63) is 89.5 Å². The van der Waals surface area contributed by atoms with Gasteiger partial charge in [0.25, 0.3) is 5.91 Å². The van der Waals surface area contributed by atoms with Crippen molar-refractivity contribution in [2.75, 3.05) is 13.1 Å². The summed E-state index contributed by atoms with van der Waals surface area (Å²) in [4.78, 5) is 37.9. The van der Waals surface area contributed by atoms with Crippen molar-refractivity contribution in [1.82, 2.24) is 10.2 Å². The van der Waals surface area contributed by atoms with Gasteiger partial charge in [0.15, 0.2) is 0 Å². The predicted molar refractivity (Wildman–Crippen MR) is 159 cm³/mol. The van der Waals surface area contributed by atoms with Crippen molar-refractivity contribution in [2.24, 2.45) is 0 Å². The average molecular weight is 545 g/mol. The highest BCUT2D eigenvalue weighted by Gasteiger charge is 2.25. The summed E-state index contributed by atoms with van der Waals surface area (Å²) in [5, 5.41) is 3.80. The fourth-order valence-electron chi connectivity index (χ4n) is 4.96. The molecule has 1 fully saturated rings. The van der Waals surface area contributed by atoms with Gasteiger partial charge in [0.1, 0.15) is 5.60 Å². The number of nitrogens with zero attached hydrogens (tertiary/aromatic N) is 1. The second-order valence-corrected chi connectivity index (χ2v) is 15.6. The summed E-state index contributed by atoms with van der Waals surface area (Å²) in [6, 6.07) is 24.1. The van der Waals surface area contributed by atoms with E-state index in [4.69, 9.17) is 4.74 Å². The highest BCUT2D eigenvalue weighted by molar-refractivity contribution is 6.83. The molecule has 1 aliphatic rings. The fraction of sp³-hybridized carbons (Fsp3) is 0.375. The van der Waals surface area contributed by atoms with Crippen molar-refractivity contribution < 1.29 is 19.1 Å². The summed E-state index contributed by atoms with van der Waals surface area (Å²) in [6.07, 6.45) is 1.37.